The van der Waals surface area contributed by atoms with Crippen LogP contribution >= 0.6 is 11.6 Å². The van der Waals surface area contributed by atoms with Crippen LogP contribution in [0.25, 0.3) is 0 Å². The summed E-state index contributed by atoms with van der Waals surface area (Å²) in [4.78, 5) is 13.9. The number of hydrogen-bond donors (Lipinski definition) is 1. The van der Waals surface area contributed by atoms with Crippen LogP contribution in [0.15, 0.2) is 20.0 Å². The molecule has 0 radical (unpaired) electrons. The van der Waals surface area contributed by atoms with Gasteiger partial charge in [-0.15, -0.1) is 0 Å². The first-order chi connectivity index (χ1) is 5.59. The number of nitrogens with zero attached hydrogens (tertiary/aromatic N) is 4. The molecule has 2 N–H and O–H groups in total. The Bertz CT molecular complexity index is 353. The molecule has 5 nitrogen and oxygen atoms in total. The van der Waals surface area contributed by atoms with Crippen molar-refractivity contribution in [3.8, 4) is 0 Å². The number of alkyl halides is 1. The van der Waals surface area contributed by atoms with Gasteiger partial charge in [0, 0.05) is 0 Å². The quantitative estimate of drug-likeness (QED) is 0.423. The molecule has 1 atom stereocenters. The average Bonchev–Trinajstić information content (AvgIpc) is 2.32. The molecule has 2 aliphatic heterocycles. The van der Waals surface area contributed by atoms with Gasteiger partial charge >= 0.3 is 6.09 Å². The maximum atomic E-state index is 12.6. The maximum absolute atomic E-state index is 12.6. The normalized spacial score (nSPS) is 32.4. The molecule has 7 heteroatoms. The summed E-state index contributed by atoms with van der Waals surface area (Å²) in [6, 6.07) is 0. The minimum atomic E-state index is -1.67. The van der Waals surface area contributed by atoms with Crippen molar-refractivity contribution in [1.29, 1.82) is 0 Å². The predicted octanol–water partition coefficient (Wildman–Crippen LogP) is 0.0582. The van der Waals surface area contributed by atoms with Gasteiger partial charge in [-0.05, 0) is 0 Å². The van der Waals surface area contributed by atoms with Crippen LogP contribution in [0.2, 0.25) is 0 Å². The number of halogens is 2. The number of fused-ring (bicyclic) bond motifs is 1. The zero-order chi connectivity index (χ0) is 8.77. The van der Waals surface area contributed by atoms with Crippen LogP contribution in [0, 0.1) is 0 Å². The van der Waals surface area contributed by atoms with Gasteiger partial charge in [0.05, 0.1) is 0 Å². The van der Waals surface area contributed by atoms with E-state index in [1.165, 1.54) is 6.34 Å². The fraction of sp³-hybridized carbons (Fsp3) is 0.200. The fourth-order valence-corrected chi connectivity index (χ4v) is 1.09. The van der Waals surface area contributed by atoms with E-state index in [-0.39, 0.29) is 11.5 Å². The van der Waals surface area contributed by atoms with Crippen LogP contribution in [0.4, 0.5) is 4.39 Å². The van der Waals surface area contributed by atoms with E-state index in [0.29, 0.717) is 0 Å². The molecule has 0 aromatic heterocycles. The van der Waals surface area contributed by atoms with Gasteiger partial charge in [0.15, 0.2) is 5.84 Å². The van der Waals surface area contributed by atoms with Gasteiger partial charge in [-0.3, -0.25) is 5.73 Å². The zero-order valence-electron chi connectivity index (χ0n) is 5.70. The van der Waals surface area contributed by atoms with E-state index in [0.717, 1.165) is 0 Å². The standard InChI is InChI=1S/C5H3ClFN5/c6-5(8)2-3(10-1-9-2)11-4(7)12-5/h1H,8H2. The van der Waals surface area contributed by atoms with E-state index in [2.05, 4.69) is 20.0 Å². The van der Waals surface area contributed by atoms with Gasteiger partial charge < -0.3 is 0 Å². The van der Waals surface area contributed by atoms with Crippen LogP contribution in [0.3, 0.4) is 0 Å². The van der Waals surface area contributed by atoms with Crippen LogP contribution in [-0.4, -0.2) is 29.1 Å². The second-order valence-electron chi connectivity index (χ2n) is 2.21. The Balaban J connectivity index is 2.54. The van der Waals surface area contributed by atoms with E-state index in [1.807, 2.05) is 0 Å². The Morgan fingerprint density at radius 2 is 2.33 bits per heavy atom. The van der Waals surface area contributed by atoms with Crippen molar-refractivity contribution in [1.82, 2.24) is 0 Å². The van der Waals surface area contributed by atoms with Crippen LogP contribution in [-0.2, 0) is 0 Å². The van der Waals surface area contributed by atoms with Crippen LogP contribution in [0.1, 0.15) is 0 Å². The molecule has 12 heavy (non-hydrogen) atoms. The topological polar surface area (TPSA) is 75.5 Å². The summed E-state index contributed by atoms with van der Waals surface area (Å²) in [7, 11) is 0. The molecule has 1 unspecified atom stereocenters. The van der Waals surface area contributed by atoms with Crippen molar-refractivity contribution in [2.24, 2.45) is 25.7 Å². The third-order valence-electron chi connectivity index (χ3n) is 1.36. The molecular weight excluding hydrogens is 185 g/mol. The van der Waals surface area contributed by atoms with E-state index in [4.69, 9.17) is 17.3 Å². The summed E-state index contributed by atoms with van der Waals surface area (Å²) in [6.45, 7) is 0. The molecule has 0 aromatic carbocycles. The van der Waals surface area contributed by atoms with E-state index in [1.54, 1.807) is 0 Å². The van der Waals surface area contributed by atoms with E-state index < -0.39 is 11.2 Å². The van der Waals surface area contributed by atoms with Gasteiger partial charge in [-0.1, -0.05) is 11.6 Å². The second kappa shape index (κ2) is 2.18. The van der Waals surface area contributed by atoms with Crippen molar-refractivity contribution < 1.29 is 4.39 Å². The fourth-order valence-electron chi connectivity index (χ4n) is 0.889. The molecule has 0 fully saturated rings. The minimum Gasteiger partial charge on any atom is -0.289 e. The summed E-state index contributed by atoms with van der Waals surface area (Å²) < 4.78 is 12.6. The Morgan fingerprint density at radius 1 is 1.58 bits per heavy atom. The first-order valence-electron chi connectivity index (χ1n) is 3.02. The van der Waals surface area contributed by atoms with Gasteiger partial charge in [-0.2, -0.15) is 14.4 Å². The summed E-state index contributed by atoms with van der Waals surface area (Å²) >= 11 is 5.63. The first kappa shape index (κ1) is 7.51. The molecular formula is C5H3ClFN5. The highest BCUT2D eigenvalue weighted by Crippen LogP contribution is 2.20. The number of amidine groups is 2. The summed E-state index contributed by atoms with van der Waals surface area (Å²) in [5.74, 6) is 0.0833. The molecule has 62 valence electrons. The molecule has 0 aliphatic carbocycles. The predicted molar refractivity (Wildman–Crippen MR) is 44.7 cm³/mol. The van der Waals surface area contributed by atoms with Gasteiger partial charge in [0.2, 0.25) is 5.12 Å². The summed E-state index contributed by atoms with van der Waals surface area (Å²) in [6.07, 6.45) is 0.215. The highest BCUT2D eigenvalue weighted by molar-refractivity contribution is 6.59. The maximum Gasteiger partial charge on any atom is 0.309 e. The van der Waals surface area contributed by atoms with Crippen LogP contribution in [0.5, 0.6) is 0 Å². The Kier molecular flexibility index (Phi) is 1.36. The summed E-state index contributed by atoms with van der Waals surface area (Å²) in [5, 5.41) is -1.67. The largest absolute Gasteiger partial charge is 0.309 e. The lowest BCUT2D eigenvalue weighted by molar-refractivity contribution is 0.731. The molecule has 2 heterocycles. The highest BCUT2D eigenvalue weighted by Gasteiger charge is 2.37. The van der Waals surface area contributed by atoms with Crippen molar-refractivity contribution in [3.05, 3.63) is 0 Å². The van der Waals surface area contributed by atoms with Gasteiger partial charge in [-0.25, -0.2) is 9.98 Å². The molecule has 0 saturated heterocycles. The van der Waals surface area contributed by atoms with Crippen molar-refractivity contribution in [2.45, 2.75) is 5.12 Å². The smallest absolute Gasteiger partial charge is 0.289 e. The lowest BCUT2D eigenvalue weighted by atomic mass is 10.2. The van der Waals surface area contributed by atoms with Crippen molar-refractivity contribution >= 4 is 35.6 Å². The molecule has 0 aromatic rings. The third kappa shape index (κ3) is 0.961. The molecule has 2 rings (SSSR count). The average molecular weight is 188 g/mol. The highest BCUT2D eigenvalue weighted by atomic mass is 35.5. The SMILES string of the molecule is NC1(Cl)N=C(F)N=C2N=CN=C21. The lowest BCUT2D eigenvalue weighted by Gasteiger charge is -2.18. The molecule has 0 saturated carbocycles. The monoisotopic (exact) mass is 187 g/mol. The number of aliphatic imine (C=N–C) groups is 4. The number of hydrogen-bond acceptors (Lipinski definition) is 5. The Morgan fingerprint density at radius 3 is 3.08 bits per heavy atom. The first-order valence-corrected chi connectivity index (χ1v) is 3.40. The molecule has 2 aliphatic rings. The molecule has 0 spiro atoms. The van der Waals surface area contributed by atoms with Gasteiger partial charge in [0.25, 0.3) is 0 Å². The summed E-state index contributed by atoms with van der Waals surface area (Å²) in [5.41, 5.74) is 5.57. The Hall–Kier alpha value is -1.14. The second-order valence-corrected chi connectivity index (χ2v) is 2.79. The number of rotatable bonds is 0. The molecule has 0 amide bonds. The van der Waals surface area contributed by atoms with Crippen LogP contribution < -0.4 is 5.73 Å². The lowest BCUT2D eigenvalue weighted by Crippen LogP contribution is -2.46. The van der Waals surface area contributed by atoms with Crippen molar-refractivity contribution in [2.75, 3.05) is 0 Å². The molecule has 0 bridgehead atoms. The minimum absolute atomic E-state index is 0.0833. The van der Waals surface area contributed by atoms with Crippen molar-refractivity contribution in [3.63, 3.8) is 0 Å². The van der Waals surface area contributed by atoms with Gasteiger partial charge in [0.1, 0.15) is 12.1 Å². The Labute approximate surface area is 71.6 Å². The third-order valence-corrected chi connectivity index (χ3v) is 1.63. The van der Waals surface area contributed by atoms with E-state index in [9.17, 15) is 4.39 Å². The number of nitrogens with two attached hydrogens (primary N) is 1. The zero-order valence-corrected chi connectivity index (χ0v) is 6.46. The van der Waals surface area contributed by atoms with E-state index >= 15 is 0 Å².